The number of rotatable bonds is 3. The summed E-state index contributed by atoms with van der Waals surface area (Å²) in [6.45, 7) is 0. The van der Waals surface area contributed by atoms with E-state index in [9.17, 15) is 4.79 Å². The fraction of sp³-hybridized carbons (Fsp3) is 0.286. The van der Waals surface area contributed by atoms with Crippen LogP contribution in [0.5, 0.6) is 0 Å². The Morgan fingerprint density at radius 1 is 1.55 bits per heavy atom. The zero-order chi connectivity index (χ0) is 14.7. The van der Waals surface area contributed by atoms with Gasteiger partial charge >= 0.3 is 132 Å². The molecule has 2 atom stereocenters. The Morgan fingerprint density at radius 2 is 2.30 bits per heavy atom. The van der Waals surface area contributed by atoms with E-state index in [0.717, 1.165) is 21.3 Å². The molecule has 0 aliphatic carbocycles. The predicted octanol–water partition coefficient (Wildman–Crippen LogP) is 1.24. The molecule has 106 valence electrons. The van der Waals surface area contributed by atoms with Crippen LogP contribution in [0.2, 0.25) is 0 Å². The van der Waals surface area contributed by atoms with Gasteiger partial charge < -0.3 is 0 Å². The first-order valence-corrected chi connectivity index (χ1v) is 7.82. The molecule has 0 amide bonds. The van der Waals surface area contributed by atoms with Gasteiger partial charge in [-0.15, -0.1) is 0 Å². The molecule has 0 fully saturated rings. The number of hydrogen-bond donors (Lipinski definition) is 0. The van der Waals surface area contributed by atoms with Crippen molar-refractivity contribution in [1.82, 2.24) is 4.90 Å². The van der Waals surface area contributed by atoms with Gasteiger partial charge in [-0.3, -0.25) is 0 Å². The molecule has 1 aliphatic rings. The molecule has 0 aromatic heterocycles. The minimum atomic E-state index is -0.459. The van der Waals surface area contributed by atoms with Crippen molar-refractivity contribution in [3.8, 4) is 0 Å². The molecular weight excluding hydrogens is 339 g/mol. The molecule has 0 saturated carbocycles. The number of alkyl halides is 1. The molecule has 2 rings (SSSR count). The van der Waals surface area contributed by atoms with E-state index >= 15 is 0 Å². The normalized spacial score (nSPS) is 18.4. The monoisotopic (exact) mass is 354 g/mol. The Balaban J connectivity index is 2.39. The third kappa shape index (κ3) is 2.92. The quantitative estimate of drug-likeness (QED) is 0.466. The van der Waals surface area contributed by atoms with Gasteiger partial charge in [0.25, 0.3) is 0 Å². The van der Waals surface area contributed by atoms with Crippen LogP contribution in [0.1, 0.15) is 11.1 Å². The number of aliphatic imine (C=N–C) groups is 1. The number of esters is 1. The van der Waals surface area contributed by atoms with Crippen molar-refractivity contribution in [2.75, 3.05) is 14.2 Å². The number of likely N-dealkylation sites (N-methyl/N-ethyl adjacent to an activating group) is 1. The maximum atomic E-state index is 11.9. The summed E-state index contributed by atoms with van der Waals surface area (Å²) in [6.07, 6.45) is 1.78. The summed E-state index contributed by atoms with van der Waals surface area (Å²) in [5, 5.41) is 0. The number of carbonyl (C=O) groups excluding carboxylic acids is 1. The van der Waals surface area contributed by atoms with E-state index < -0.39 is 6.04 Å². The second kappa shape index (κ2) is 6.47. The number of benzene rings is 1. The van der Waals surface area contributed by atoms with Gasteiger partial charge in [-0.1, -0.05) is 0 Å². The molecule has 6 heteroatoms. The summed E-state index contributed by atoms with van der Waals surface area (Å²) < 4.78 is 5.64. The van der Waals surface area contributed by atoms with Crippen molar-refractivity contribution in [1.29, 1.82) is 0 Å². The first kappa shape index (κ1) is 15.1. The molecule has 0 saturated heterocycles. The summed E-state index contributed by atoms with van der Waals surface area (Å²) in [4.78, 5) is 18.1. The third-order valence-corrected chi connectivity index (χ3v) is 4.47. The van der Waals surface area contributed by atoms with E-state index in [1.54, 1.807) is 6.20 Å². The Kier molecular flexibility index (Phi) is 4.90. The molecule has 1 heterocycles. The van der Waals surface area contributed by atoms with Gasteiger partial charge in [0.1, 0.15) is 0 Å². The van der Waals surface area contributed by atoms with Crippen molar-refractivity contribution in [2.45, 2.75) is 11.9 Å². The molecular formula is C14H16AsClN2O2. The second-order valence-electron chi connectivity index (χ2n) is 4.44. The number of hydrogen-bond acceptors (Lipinski definition) is 4. The Morgan fingerprint density at radius 3 is 2.95 bits per heavy atom. The van der Waals surface area contributed by atoms with Crippen LogP contribution in [0.25, 0.3) is 5.70 Å². The van der Waals surface area contributed by atoms with E-state index in [1.165, 1.54) is 24.0 Å². The van der Waals surface area contributed by atoms with Crippen LogP contribution in [-0.2, 0) is 15.4 Å². The summed E-state index contributed by atoms with van der Waals surface area (Å²) in [7, 11) is 3.26. The fourth-order valence-electron chi connectivity index (χ4n) is 2.12. The predicted molar refractivity (Wildman–Crippen MR) is 83.5 cm³/mol. The third-order valence-electron chi connectivity index (χ3n) is 3.18. The van der Waals surface area contributed by atoms with Crippen LogP contribution in [0.4, 0.5) is 0 Å². The van der Waals surface area contributed by atoms with Gasteiger partial charge in [0.15, 0.2) is 0 Å². The summed E-state index contributed by atoms with van der Waals surface area (Å²) in [6, 6.07) is 7.44. The molecule has 0 bridgehead atoms. The number of methoxy groups -OCH3 is 1. The number of halogens is 1. The Bertz CT molecular complexity index is 586. The first-order valence-electron chi connectivity index (χ1n) is 6.07. The summed E-state index contributed by atoms with van der Waals surface area (Å²) >= 11 is 7.19. The Labute approximate surface area is 132 Å². The Hall–Kier alpha value is -1.25. The average molecular weight is 355 g/mol. The summed E-state index contributed by atoms with van der Waals surface area (Å²) in [5.74, 6) is 0.158. The summed E-state index contributed by atoms with van der Waals surface area (Å²) in [5.41, 5.74) is 2.90. The molecule has 0 N–H and O–H groups in total. The topological polar surface area (TPSA) is 41.9 Å². The standard InChI is InChI=1S/C14H16AsClN2O2/c1-18-11(10-5-3-4-9(6-10)7-16)8-17-13(15)12(18)14(19)20-2/h3-6,8,12H,7,15H2,1-2H3. The first-order chi connectivity index (χ1) is 9.58. The van der Waals surface area contributed by atoms with Gasteiger partial charge in [0.05, 0.1) is 0 Å². The molecule has 20 heavy (non-hydrogen) atoms. The maximum absolute atomic E-state index is 11.9. The van der Waals surface area contributed by atoms with E-state index in [0.29, 0.717) is 5.88 Å². The molecule has 0 spiro atoms. The number of carbonyl (C=O) groups is 1. The van der Waals surface area contributed by atoms with E-state index in [2.05, 4.69) is 4.99 Å². The van der Waals surface area contributed by atoms with E-state index in [-0.39, 0.29) is 5.97 Å². The zero-order valence-corrected chi connectivity index (χ0v) is 14.5. The van der Waals surface area contributed by atoms with Gasteiger partial charge in [-0.2, -0.15) is 0 Å². The average Bonchev–Trinajstić information content (AvgIpc) is 2.47. The molecule has 0 radical (unpaired) electrons. The molecule has 1 aromatic carbocycles. The van der Waals surface area contributed by atoms with Crippen LogP contribution < -0.4 is 0 Å². The van der Waals surface area contributed by atoms with Crippen LogP contribution in [0, 0.1) is 0 Å². The van der Waals surface area contributed by atoms with Crippen LogP contribution in [0.15, 0.2) is 35.5 Å². The van der Waals surface area contributed by atoms with Gasteiger partial charge in [0, 0.05) is 0 Å². The fourth-order valence-corrected chi connectivity index (χ4v) is 3.19. The SMILES string of the molecule is COC(=O)C1C([AsH2])=NC=C(c2cccc(CCl)c2)N1C. The zero-order valence-electron chi connectivity index (χ0n) is 11.3. The van der Waals surface area contributed by atoms with Gasteiger partial charge in [-0.25, -0.2) is 0 Å². The molecule has 4 nitrogen and oxygen atoms in total. The van der Waals surface area contributed by atoms with Crippen LogP contribution >= 0.6 is 11.6 Å². The minimum absolute atomic E-state index is 0.297. The van der Waals surface area contributed by atoms with E-state index in [1.807, 2.05) is 36.2 Å². The van der Waals surface area contributed by atoms with Crippen molar-refractivity contribution in [3.63, 3.8) is 0 Å². The molecule has 2 unspecified atom stereocenters. The van der Waals surface area contributed by atoms with Crippen molar-refractivity contribution < 1.29 is 9.53 Å². The van der Waals surface area contributed by atoms with Gasteiger partial charge in [-0.05, 0) is 0 Å². The molecule has 1 aliphatic heterocycles. The van der Waals surface area contributed by atoms with Crippen molar-refractivity contribution in [3.05, 3.63) is 41.6 Å². The van der Waals surface area contributed by atoms with Gasteiger partial charge in [0.2, 0.25) is 0 Å². The second-order valence-corrected chi connectivity index (χ2v) is 5.95. The van der Waals surface area contributed by atoms with Crippen molar-refractivity contribution in [2.24, 2.45) is 4.99 Å². The number of nitrogens with zero attached hydrogens (tertiary/aromatic N) is 2. The molecule has 1 aromatic rings. The van der Waals surface area contributed by atoms with Crippen LogP contribution in [-0.4, -0.2) is 52.4 Å². The van der Waals surface area contributed by atoms with Crippen LogP contribution in [0.3, 0.4) is 0 Å². The van der Waals surface area contributed by atoms with E-state index in [4.69, 9.17) is 16.3 Å². The van der Waals surface area contributed by atoms with Crippen molar-refractivity contribution >= 4 is 44.6 Å². The number of ether oxygens (including phenoxy) is 1.